The molecule has 1 N–H and O–H groups in total. The van der Waals surface area contributed by atoms with Gasteiger partial charge in [-0.15, -0.1) is 10.2 Å². The standard InChI is InChI=1S/C20H21FN6O2/c21-14-5-2-1-4-13(14)16-12-17(29-25-16)20(28)26-9-7-18-23-24-19(27(18)11-10-26)15-6-3-8-22-15/h1-2,4-5,12,15,22H,3,6-11H2/t15-/m0/s1. The largest absolute Gasteiger partial charge is 0.350 e. The van der Waals surface area contributed by atoms with Crippen molar-refractivity contribution in [3.63, 3.8) is 0 Å². The summed E-state index contributed by atoms with van der Waals surface area (Å²) in [5, 5.41) is 16.1. The molecular formula is C20H21FN6O2. The lowest BCUT2D eigenvalue weighted by Gasteiger charge is -2.18. The van der Waals surface area contributed by atoms with Crippen molar-refractivity contribution in [2.45, 2.75) is 31.8 Å². The topological polar surface area (TPSA) is 89.1 Å². The Hall–Kier alpha value is -3.07. The molecule has 3 aromatic rings. The van der Waals surface area contributed by atoms with E-state index >= 15 is 0 Å². The quantitative estimate of drug-likeness (QED) is 0.730. The molecule has 0 saturated carbocycles. The lowest BCUT2D eigenvalue weighted by atomic mass is 10.1. The molecule has 2 aliphatic heterocycles. The maximum Gasteiger partial charge on any atom is 0.292 e. The predicted molar refractivity (Wildman–Crippen MR) is 102 cm³/mol. The molecule has 1 saturated heterocycles. The second kappa shape index (κ2) is 7.40. The van der Waals surface area contributed by atoms with Crippen LogP contribution < -0.4 is 5.32 Å². The summed E-state index contributed by atoms with van der Waals surface area (Å²) >= 11 is 0. The van der Waals surface area contributed by atoms with Crippen molar-refractivity contribution in [1.29, 1.82) is 0 Å². The number of benzene rings is 1. The van der Waals surface area contributed by atoms with Gasteiger partial charge in [0.2, 0.25) is 5.76 Å². The lowest BCUT2D eigenvalue weighted by molar-refractivity contribution is 0.0716. The van der Waals surface area contributed by atoms with Crippen molar-refractivity contribution >= 4 is 5.91 Å². The normalized spacial score (nSPS) is 19.2. The number of nitrogens with one attached hydrogen (secondary N) is 1. The van der Waals surface area contributed by atoms with Crippen LogP contribution in [-0.4, -0.2) is 50.4 Å². The van der Waals surface area contributed by atoms with Gasteiger partial charge in [-0.25, -0.2) is 4.39 Å². The Bertz CT molecular complexity index is 1040. The molecule has 4 heterocycles. The molecule has 1 aromatic carbocycles. The molecule has 5 rings (SSSR count). The fourth-order valence-corrected chi connectivity index (χ4v) is 4.04. The first-order chi connectivity index (χ1) is 14.2. The summed E-state index contributed by atoms with van der Waals surface area (Å²) in [6.45, 7) is 2.67. The molecule has 1 atom stereocenters. The first kappa shape index (κ1) is 18.0. The van der Waals surface area contributed by atoms with Gasteiger partial charge in [-0.1, -0.05) is 17.3 Å². The van der Waals surface area contributed by atoms with E-state index in [1.807, 2.05) is 0 Å². The third-order valence-corrected chi connectivity index (χ3v) is 5.58. The minimum atomic E-state index is -0.402. The molecule has 0 bridgehead atoms. The number of halogens is 1. The Balaban J connectivity index is 1.32. The summed E-state index contributed by atoms with van der Waals surface area (Å²) in [5.41, 5.74) is 0.624. The van der Waals surface area contributed by atoms with Gasteiger partial charge in [0, 0.05) is 37.7 Å². The molecule has 1 fully saturated rings. The molecule has 9 heteroatoms. The molecule has 0 unspecified atom stereocenters. The minimum Gasteiger partial charge on any atom is -0.350 e. The molecule has 2 aliphatic rings. The van der Waals surface area contributed by atoms with Gasteiger partial charge in [0.25, 0.3) is 5.91 Å². The van der Waals surface area contributed by atoms with Crippen LogP contribution in [0.4, 0.5) is 4.39 Å². The number of rotatable bonds is 3. The number of amides is 1. The summed E-state index contributed by atoms with van der Waals surface area (Å²) in [6.07, 6.45) is 2.81. The van der Waals surface area contributed by atoms with Crippen LogP contribution in [0.1, 0.15) is 41.1 Å². The summed E-state index contributed by atoms with van der Waals surface area (Å²) < 4.78 is 21.3. The molecule has 0 spiro atoms. The fourth-order valence-electron chi connectivity index (χ4n) is 4.04. The predicted octanol–water partition coefficient (Wildman–Crippen LogP) is 2.20. The van der Waals surface area contributed by atoms with Gasteiger partial charge in [-0.2, -0.15) is 0 Å². The Morgan fingerprint density at radius 1 is 1.21 bits per heavy atom. The van der Waals surface area contributed by atoms with E-state index in [0.29, 0.717) is 37.3 Å². The zero-order valence-corrected chi connectivity index (χ0v) is 15.8. The molecule has 0 radical (unpaired) electrons. The zero-order chi connectivity index (χ0) is 19.8. The first-order valence-corrected chi connectivity index (χ1v) is 9.87. The summed E-state index contributed by atoms with van der Waals surface area (Å²) in [7, 11) is 0. The van der Waals surface area contributed by atoms with E-state index in [9.17, 15) is 9.18 Å². The van der Waals surface area contributed by atoms with Gasteiger partial charge in [0.05, 0.1) is 6.04 Å². The Labute approximate surface area is 166 Å². The molecule has 150 valence electrons. The van der Waals surface area contributed by atoms with Gasteiger partial charge in [-0.3, -0.25) is 4.79 Å². The molecule has 2 aromatic heterocycles. The summed E-state index contributed by atoms with van der Waals surface area (Å²) in [5.74, 6) is 1.31. The molecule has 8 nitrogen and oxygen atoms in total. The highest BCUT2D eigenvalue weighted by Gasteiger charge is 2.28. The van der Waals surface area contributed by atoms with Crippen molar-refractivity contribution in [3.8, 4) is 11.3 Å². The molecule has 1 amide bonds. The number of carbonyl (C=O) groups is 1. The molecular weight excluding hydrogens is 375 g/mol. The lowest BCUT2D eigenvalue weighted by Crippen LogP contribution is -2.33. The third kappa shape index (κ3) is 3.31. The smallest absolute Gasteiger partial charge is 0.292 e. The van der Waals surface area contributed by atoms with Crippen LogP contribution in [0, 0.1) is 5.82 Å². The van der Waals surface area contributed by atoms with Crippen molar-refractivity contribution < 1.29 is 13.7 Å². The number of nitrogens with zero attached hydrogens (tertiary/aromatic N) is 5. The second-order valence-corrected chi connectivity index (χ2v) is 7.37. The van der Waals surface area contributed by atoms with Gasteiger partial charge < -0.3 is 19.3 Å². The number of fused-ring (bicyclic) bond motifs is 1. The van der Waals surface area contributed by atoms with E-state index in [-0.39, 0.29) is 17.7 Å². The van der Waals surface area contributed by atoms with Crippen LogP contribution in [-0.2, 0) is 13.0 Å². The van der Waals surface area contributed by atoms with E-state index in [1.165, 1.54) is 12.1 Å². The third-order valence-electron chi connectivity index (χ3n) is 5.58. The maximum atomic E-state index is 14.0. The van der Waals surface area contributed by atoms with E-state index in [1.54, 1.807) is 23.1 Å². The van der Waals surface area contributed by atoms with Gasteiger partial charge in [0.1, 0.15) is 23.2 Å². The van der Waals surface area contributed by atoms with Crippen molar-refractivity contribution in [2.75, 3.05) is 19.6 Å². The van der Waals surface area contributed by atoms with Crippen LogP contribution in [0.3, 0.4) is 0 Å². The minimum absolute atomic E-state index is 0.110. The highest BCUT2D eigenvalue weighted by molar-refractivity contribution is 5.92. The van der Waals surface area contributed by atoms with E-state index in [2.05, 4.69) is 25.2 Å². The van der Waals surface area contributed by atoms with Crippen molar-refractivity contribution in [1.82, 2.24) is 30.1 Å². The highest BCUT2D eigenvalue weighted by Crippen LogP contribution is 2.25. The molecule has 0 aliphatic carbocycles. The van der Waals surface area contributed by atoms with Gasteiger partial charge >= 0.3 is 0 Å². The zero-order valence-electron chi connectivity index (χ0n) is 15.8. The van der Waals surface area contributed by atoms with E-state index in [4.69, 9.17) is 4.52 Å². The van der Waals surface area contributed by atoms with Gasteiger partial charge in [-0.05, 0) is 31.5 Å². The Morgan fingerprint density at radius 2 is 2.10 bits per heavy atom. The van der Waals surface area contributed by atoms with Crippen LogP contribution in [0.25, 0.3) is 11.3 Å². The monoisotopic (exact) mass is 396 g/mol. The Morgan fingerprint density at radius 3 is 2.93 bits per heavy atom. The number of hydrogen-bond acceptors (Lipinski definition) is 6. The van der Waals surface area contributed by atoms with E-state index < -0.39 is 5.82 Å². The SMILES string of the molecule is O=C(c1cc(-c2ccccc2F)no1)N1CCc2nnc([C@@H]3CCCN3)n2CC1. The molecule has 29 heavy (non-hydrogen) atoms. The van der Waals surface area contributed by atoms with Crippen molar-refractivity contribution in [2.24, 2.45) is 0 Å². The van der Waals surface area contributed by atoms with E-state index in [0.717, 1.165) is 31.0 Å². The number of aromatic nitrogens is 4. The van der Waals surface area contributed by atoms with Crippen LogP contribution >= 0.6 is 0 Å². The summed E-state index contributed by atoms with van der Waals surface area (Å²) in [4.78, 5) is 14.7. The van der Waals surface area contributed by atoms with Gasteiger partial charge in [0.15, 0.2) is 0 Å². The maximum absolute atomic E-state index is 14.0. The average molecular weight is 396 g/mol. The second-order valence-electron chi connectivity index (χ2n) is 7.37. The number of hydrogen-bond donors (Lipinski definition) is 1. The number of carbonyl (C=O) groups excluding carboxylic acids is 1. The Kier molecular flexibility index (Phi) is 4.59. The highest BCUT2D eigenvalue weighted by atomic mass is 19.1. The summed E-state index contributed by atoms with van der Waals surface area (Å²) in [6, 6.07) is 8.02. The fraction of sp³-hybridized carbons (Fsp3) is 0.400. The average Bonchev–Trinajstić information content (AvgIpc) is 3.47. The van der Waals surface area contributed by atoms with Crippen LogP contribution in [0.15, 0.2) is 34.9 Å². The van der Waals surface area contributed by atoms with Crippen LogP contribution in [0.2, 0.25) is 0 Å². The van der Waals surface area contributed by atoms with Crippen molar-refractivity contribution in [3.05, 3.63) is 53.6 Å². The first-order valence-electron chi connectivity index (χ1n) is 9.87. The van der Waals surface area contributed by atoms with Crippen LogP contribution in [0.5, 0.6) is 0 Å².